The Bertz CT molecular complexity index is 418. The van der Waals surface area contributed by atoms with Crippen LogP contribution in [0, 0.1) is 5.92 Å². The normalized spacial score (nSPS) is 13.0. The van der Waals surface area contributed by atoms with Crippen LogP contribution in [0.25, 0.3) is 0 Å². The lowest BCUT2D eigenvalue weighted by molar-refractivity contribution is 0.205. The van der Waals surface area contributed by atoms with E-state index in [9.17, 15) is 0 Å². The minimum absolute atomic E-state index is 0.201. The lowest BCUT2D eigenvalue weighted by Gasteiger charge is -2.18. The summed E-state index contributed by atoms with van der Waals surface area (Å²) in [6.45, 7) is 14.6. The molecule has 1 heterocycles. The van der Waals surface area contributed by atoms with Gasteiger partial charge in [0.1, 0.15) is 5.82 Å². The number of nitrogens with zero attached hydrogens (tertiary/aromatic N) is 2. The largest absolute Gasteiger partial charge is 0.487 e. The van der Waals surface area contributed by atoms with Gasteiger partial charge in [-0.15, -0.1) is 0 Å². The predicted octanol–water partition coefficient (Wildman–Crippen LogP) is 3.91. The van der Waals surface area contributed by atoms with Crippen molar-refractivity contribution in [2.45, 2.75) is 73.0 Å². The van der Waals surface area contributed by atoms with Crippen molar-refractivity contribution in [1.82, 2.24) is 15.3 Å². The zero-order valence-electron chi connectivity index (χ0n) is 14.4. The molecule has 0 bridgehead atoms. The summed E-state index contributed by atoms with van der Waals surface area (Å²) in [6.07, 6.45) is 4.20. The Morgan fingerprint density at radius 3 is 2.48 bits per heavy atom. The second-order valence-electron chi connectivity index (χ2n) is 6.44. The minimum Gasteiger partial charge on any atom is -0.487 e. The highest BCUT2D eigenvalue weighted by Gasteiger charge is 2.13. The van der Waals surface area contributed by atoms with Gasteiger partial charge < -0.3 is 10.1 Å². The molecule has 0 fully saturated rings. The summed E-state index contributed by atoms with van der Waals surface area (Å²) in [5.74, 6) is 2.65. The van der Waals surface area contributed by atoms with Crippen LogP contribution in [-0.2, 0) is 6.54 Å². The van der Waals surface area contributed by atoms with E-state index in [4.69, 9.17) is 4.74 Å². The monoisotopic (exact) mass is 293 g/mol. The molecule has 0 saturated heterocycles. The van der Waals surface area contributed by atoms with E-state index in [2.05, 4.69) is 56.8 Å². The fraction of sp³-hybridized carbons (Fsp3) is 0.765. The van der Waals surface area contributed by atoms with Crippen LogP contribution in [-0.4, -0.2) is 22.6 Å². The van der Waals surface area contributed by atoms with Crippen molar-refractivity contribution in [2.75, 3.05) is 6.54 Å². The molecule has 1 N–H and O–H groups in total. The fourth-order valence-electron chi connectivity index (χ4n) is 2.09. The highest BCUT2D eigenvalue weighted by Crippen LogP contribution is 2.20. The molecule has 1 atom stereocenters. The van der Waals surface area contributed by atoms with E-state index in [-0.39, 0.29) is 6.10 Å². The molecule has 1 unspecified atom stereocenters. The minimum atomic E-state index is 0.201. The molecule has 1 aromatic heterocycles. The summed E-state index contributed by atoms with van der Waals surface area (Å²) in [5.41, 5.74) is 0.970. The zero-order valence-corrected chi connectivity index (χ0v) is 14.4. The molecule has 0 spiro atoms. The predicted molar refractivity (Wildman–Crippen MR) is 87.7 cm³/mol. The maximum Gasteiger partial charge on any atom is 0.160 e. The Labute approximate surface area is 129 Å². The average molecular weight is 293 g/mol. The highest BCUT2D eigenvalue weighted by atomic mass is 16.5. The molecule has 0 aliphatic carbocycles. The molecular weight excluding hydrogens is 262 g/mol. The second-order valence-corrected chi connectivity index (χ2v) is 6.44. The van der Waals surface area contributed by atoms with E-state index in [0.29, 0.717) is 11.8 Å². The van der Waals surface area contributed by atoms with Crippen LogP contribution in [0.2, 0.25) is 0 Å². The molecule has 1 rings (SSSR count). The maximum atomic E-state index is 6.01. The molecule has 0 amide bonds. The van der Waals surface area contributed by atoms with Crippen LogP contribution in [0.3, 0.4) is 0 Å². The standard InChI is InChI=1S/C17H31N3O/c1-7-8-14(6)21-16-11-19-17(13(4)5)20-15(16)10-18-9-12(2)3/h11-14,18H,7-10H2,1-6H3. The Balaban J connectivity index is 2.83. The van der Waals surface area contributed by atoms with E-state index >= 15 is 0 Å². The lowest BCUT2D eigenvalue weighted by atomic mass is 10.2. The third-order valence-electron chi connectivity index (χ3n) is 3.23. The molecule has 0 saturated carbocycles. The van der Waals surface area contributed by atoms with Gasteiger partial charge in [0.15, 0.2) is 5.75 Å². The van der Waals surface area contributed by atoms with E-state index in [1.165, 1.54) is 0 Å². The van der Waals surface area contributed by atoms with E-state index < -0.39 is 0 Å². The summed E-state index contributed by atoms with van der Waals surface area (Å²) in [4.78, 5) is 9.11. The Hall–Kier alpha value is -1.16. The first kappa shape index (κ1) is 17.9. The number of aromatic nitrogens is 2. The van der Waals surface area contributed by atoms with Gasteiger partial charge in [0.05, 0.1) is 18.0 Å². The van der Waals surface area contributed by atoms with Crippen LogP contribution in [0.1, 0.15) is 71.8 Å². The molecule has 0 aliphatic heterocycles. The Morgan fingerprint density at radius 1 is 1.19 bits per heavy atom. The molecule has 0 aliphatic rings. The van der Waals surface area contributed by atoms with Crippen LogP contribution in [0.4, 0.5) is 0 Å². The number of hydrogen-bond donors (Lipinski definition) is 1. The highest BCUT2D eigenvalue weighted by molar-refractivity contribution is 5.25. The first-order valence-electron chi connectivity index (χ1n) is 8.17. The van der Waals surface area contributed by atoms with Gasteiger partial charge in [0, 0.05) is 12.5 Å². The molecule has 0 radical (unpaired) electrons. The van der Waals surface area contributed by atoms with E-state index in [0.717, 1.165) is 43.2 Å². The number of nitrogens with one attached hydrogen (secondary N) is 1. The van der Waals surface area contributed by atoms with E-state index in [1.54, 1.807) is 0 Å². The second kappa shape index (κ2) is 8.98. The van der Waals surface area contributed by atoms with Gasteiger partial charge in [-0.3, -0.25) is 0 Å². The molecule has 1 aromatic rings. The van der Waals surface area contributed by atoms with Crippen LogP contribution < -0.4 is 10.1 Å². The quantitative estimate of drug-likeness (QED) is 0.750. The maximum absolute atomic E-state index is 6.01. The summed E-state index contributed by atoms with van der Waals surface area (Å²) < 4.78 is 6.01. The molecule has 4 heteroatoms. The van der Waals surface area contributed by atoms with Crippen molar-refractivity contribution in [2.24, 2.45) is 5.92 Å². The zero-order chi connectivity index (χ0) is 15.8. The van der Waals surface area contributed by atoms with Gasteiger partial charge in [0.2, 0.25) is 0 Å². The van der Waals surface area contributed by atoms with E-state index in [1.807, 2.05) is 6.20 Å². The Kier molecular flexibility index (Phi) is 7.65. The molecule has 0 aromatic carbocycles. The van der Waals surface area contributed by atoms with Gasteiger partial charge in [-0.05, 0) is 25.8 Å². The van der Waals surface area contributed by atoms with Gasteiger partial charge in [-0.25, -0.2) is 9.97 Å². The van der Waals surface area contributed by atoms with Crippen molar-refractivity contribution < 1.29 is 4.74 Å². The van der Waals surface area contributed by atoms with Gasteiger partial charge >= 0.3 is 0 Å². The SMILES string of the molecule is CCCC(C)Oc1cnc(C(C)C)nc1CNCC(C)C. The average Bonchev–Trinajstić information content (AvgIpc) is 2.40. The van der Waals surface area contributed by atoms with Gasteiger partial charge in [0.25, 0.3) is 0 Å². The van der Waals surface area contributed by atoms with Crippen molar-refractivity contribution >= 4 is 0 Å². The first-order chi connectivity index (χ1) is 9.93. The van der Waals surface area contributed by atoms with Crippen LogP contribution in [0.5, 0.6) is 5.75 Å². The topological polar surface area (TPSA) is 47.0 Å². The smallest absolute Gasteiger partial charge is 0.160 e. The van der Waals surface area contributed by atoms with Crippen molar-refractivity contribution in [3.8, 4) is 5.75 Å². The summed E-state index contributed by atoms with van der Waals surface area (Å²) in [6, 6.07) is 0. The molecule has 21 heavy (non-hydrogen) atoms. The number of hydrogen-bond acceptors (Lipinski definition) is 4. The van der Waals surface area contributed by atoms with Crippen LogP contribution in [0.15, 0.2) is 6.20 Å². The van der Waals surface area contributed by atoms with Gasteiger partial charge in [-0.2, -0.15) is 0 Å². The first-order valence-corrected chi connectivity index (χ1v) is 8.17. The fourth-order valence-corrected chi connectivity index (χ4v) is 2.09. The third-order valence-corrected chi connectivity index (χ3v) is 3.23. The molecule has 4 nitrogen and oxygen atoms in total. The van der Waals surface area contributed by atoms with Crippen molar-refractivity contribution in [3.05, 3.63) is 17.7 Å². The Morgan fingerprint density at radius 2 is 1.90 bits per heavy atom. The van der Waals surface area contributed by atoms with Crippen LogP contribution >= 0.6 is 0 Å². The summed E-state index contributed by atoms with van der Waals surface area (Å²) in [5, 5.41) is 3.44. The molecule has 120 valence electrons. The number of rotatable bonds is 9. The van der Waals surface area contributed by atoms with Gasteiger partial charge in [-0.1, -0.05) is 41.0 Å². The summed E-state index contributed by atoms with van der Waals surface area (Å²) in [7, 11) is 0. The third kappa shape index (κ3) is 6.42. The summed E-state index contributed by atoms with van der Waals surface area (Å²) >= 11 is 0. The van der Waals surface area contributed by atoms with Crippen molar-refractivity contribution in [3.63, 3.8) is 0 Å². The molecular formula is C17H31N3O. The van der Waals surface area contributed by atoms with Crippen molar-refractivity contribution in [1.29, 1.82) is 0 Å². The number of ether oxygens (including phenoxy) is 1. The lowest BCUT2D eigenvalue weighted by Crippen LogP contribution is -2.22.